The van der Waals surface area contributed by atoms with Crippen molar-refractivity contribution in [3.05, 3.63) is 35.4 Å². The third kappa shape index (κ3) is 3.96. The van der Waals surface area contributed by atoms with Crippen molar-refractivity contribution in [2.75, 3.05) is 13.1 Å². The lowest BCUT2D eigenvalue weighted by Crippen LogP contribution is -2.31. The number of nitrogens with two attached hydrogens (primary N) is 1. The van der Waals surface area contributed by atoms with Gasteiger partial charge in [-0.25, -0.2) is 0 Å². The molecule has 1 saturated carbocycles. The lowest BCUT2D eigenvalue weighted by Gasteiger charge is -2.26. The van der Waals surface area contributed by atoms with Crippen molar-refractivity contribution >= 4 is 0 Å². The summed E-state index contributed by atoms with van der Waals surface area (Å²) in [6, 6.07) is 5.20. The van der Waals surface area contributed by atoms with Crippen LogP contribution in [0.25, 0.3) is 0 Å². The van der Waals surface area contributed by atoms with Crippen LogP contribution in [0.3, 0.4) is 0 Å². The molecule has 2 rings (SSSR count). The normalized spacial score (nSPS) is 17.8. The Balaban J connectivity index is 1.95. The Labute approximate surface area is 117 Å². The molecular formula is C15H21F3N2. The monoisotopic (exact) mass is 286 g/mol. The van der Waals surface area contributed by atoms with Crippen LogP contribution in [0.15, 0.2) is 24.3 Å². The van der Waals surface area contributed by atoms with Crippen molar-refractivity contribution in [1.29, 1.82) is 0 Å². The average Bonchev–Trinajstić information content (AvgIpc) is 2.36. The fraction of sp³-hybridized carbons (Fsp3) is 0.600. The van der Waals surface area contributed by atoms with Crippen LogP contribution in [0, 0.1) is 5.92 Å². The van der Waals surface area contributed by atoms with E-state index in [-0.39, 0.29) is 6.04 Å². The van der Waals surface area contributed by atoms with Crippen molar-refractivity contribution in [3.8, 4) is 0 Å². The number of nitrogens with one attached hydrogen (secondary N) is 1. The second kappa shape index (κ2) is 6.59. The van der Waals surface area contributed by atoms with Crippen LogP contribution in [0.5, 0.6) is 0 Å². The van der Waals surface area contributed by atoms with Gasteiger partial charge in [0, 0.05) is 12.6 Å². The Bertz CT molecular complexity index is 427. The fourth-order valence-electron chi connectivity index (χ4n) is 2.51. The predicted molar refractivity (Wildman–Crippen MR) is 73.2 cm³/mol. The highest BCUT2D eigenvalue weighted by Gasteiger charge is 2.30. The molecule has 1 fully saturated rings. The van der Waals surface area contributed by atoms with Gasteiger partial charge in [0.1, 0.15) is 0 Å². The summed E-state index contributed by atoms with van der Waals surface area (Å²) in [6.45, 7) is 1.11. The lowest BCUT2D eigenvalue weighted by molar-refractivity contribution is -0.137. The van der Waals surface area contributed by atoms with Crippen LogP contribution in [0.4, 0.5) is 13.2 Å². The molecule has 0 heterocycles. The average molecular weight is 286 g/mol. The van der Waals surface area contributed by atoms with Crippen molar-refractivity contribution < 1.29 is 13.2 Å². The molecule has 20 heavy (non-hydrogen) atoms. The highest BCUT2D eigenvalue weighted by Crippen LogP contribution is 2.31. The summed E-state index contributed by atoms with van der Waals surface area (Å²) in [7, 11) is 0. The van der Waals surface area contributed by atoms with Gasteiger partial charge in [-0.2, -0.15) is 13.2 Å². The minimum absolute atomic E-state index is 0.211. The summed E-state index contributed by atoms with van der Waals surface area (Å²) >= 11 is 0. The first-order chi connectivity index (χ1) is 9.50. The third-order valence-electron chi connectivity index (χ3n) is 4.02. The first-order valence-electron chi connectivity index (χ1n) is 7.11. The zero-order valence-corrected chi connectivity index (χ0v) is 11.4. The molecule has 0 amide bonds. The smallest absolute Gasteiger partial charge is 0.329 e. The molecule has 0 bridgehead atoms. The number of rotatable bonds is 6. The SMILES string of the molecule is NCC(NCCC1CCC1)c1cccc(C(F)(F)F)c1. The van der Waals surface area contributed by atoms with Crippen molar-refractivity contribution in [3.63, 3.8) is 0 Å². The number of benzene rings is 1. The van der Waals surface area contributed by atoms with Crippen LogP contribution in [0.1, 0.15) is 42.9 Å². The minimum Gasteiger partial charge on any atom is -0.329 e. The summed E-state index contributed by atoms with van der Waals surface area (Å²) < 4.78 is 38.1. The molecule has 0 saturated heterocycles. The van der Waals surface area contributed by atoms with E-state index < -0.39 is 11.7 Å². The van der Waals surface area contributed by atoms with Crippen LogP contribution >= 0.6 is 0 Å². The number of halogens is 3. The van der Waals surface area contributed by atoms with E-state index in [1.54, 1.807) is 6.07 Å². The fourth-order valence-corrected chi connectivity index (χ4v) is 2.51. The van der Waals surface area contributed by atoms with Gasteiger partial charge in [-0.15, -0.1) is 0 Å². The predicted octanol–water partition coefficient (Wildman–Crippen LogP) is 3.49. The second-order valence-electron chi connectivity index (χ2n) is 5.45. The van der Waals surface area contributed by atoms with Gasteiger partial charge in [0.05, 0.1) is 5.56 Å². The number of hydrogen-bond acceptors (Lipinski definition) is 2. The molecule has 3 N–H and O–H groups in total. The van der Waals surface area contributed by atoms with E-state index in [0.717, 1.165) is 24.9 Å². The first kappa shape index (κ1) is 15.3. The van der Waals surface area contributed by atoms with Crippen molar-refractivity contribution in [2.24, 2.45) is 11.7 Å². The van der Waals surface area contributed by atoms with E-state index >= 15 is 0 Å². The van der Waals surface area contributed by atoms with E-state index in [4.69, 9.17) is 5.73 Å². The largest absolute Gasteiger partial charge is 0.416 e. The number of hydrogen-bond donors (Lipinski definition) is 2. The molecule has 1 atom stereocenters. The lowest BCUT2D eigenvalue weighted by atomic mass is 9.83. The first-order valence-corrected chi connectivity index (χ1v) is 7.11. The molecule has 2 nitrogen and oxygen atoms in total. The summed E-state index contributed by atoms with van der Waals surface area (Å²) in [5.74, 6) is 0.780. The minimum atomic E-state index is -4.30. The standard InChI is InChI=1S/C15H21F3N2/c16-15(17,18)13-6-2-5-12(9-13)14(10-19)20-8-7-11-3-1-4-11/h2,5-6,9,11,14,20H,1,3-4,7-8,10,19H2. The Morgan fingerprint density at radius 2 is 2.05 bits per heavy atom. The third-order valence-corrected chi connectivity index (χ3v) is 4.02. The topological polar surface area (TPSA) is 38.0 Å². The quantitative estimate of drug-likeness (QED) is 0.840. The van der Waals surface area contributed by atoms with Gasteiger partial charge in [0.2, 0.25) is 0 Å². The zero-order chi connectivity index (χ0) is 14.6. The Morgan fingerprint density at radius 1 is 1.30 bits per heavy atom. The van der Waals surface area contributed by atoms with Crippen molar-refractivity contribution in [2.45, 2.75) is 37.9 Å². The van der Waals surface area contributed by atoms with E-state index in [1.807, 2.05) is 0 Å². The highest BCUT2D eigenvalue weighted by molar-refractivity contribution is 5.28. The summed E-state index contributed by atoms with van der Waals surface area (Å²) in [4.78, 5) is 0. The van der Waals surface area contributed by atoms with E-state index in [2.05, 4.69) is 5.32 Å². The van der Waals surface area contributed by atoms with Gasteiger partial charge in [0.25, 0.3) is 0 Å². The maximum absolute atomic E-state index is 12.7. The molecule has 1 aromatic rings. The summed E-state index contributed by atoms with van der Waals surface area (Å²) in [6.07, 6.45) is 0.631. The van der Waals surface area contributed by atoms with Gasteiger partial charge in [-0.1, -0.05) is 31.4 Å². The Hall–Kier alpha value is -1.07. The maximum Gasteiger partial charge on any atom is 0.416 e. The zero-order valence-electron chi connectivity index (χ0n) is 11.4. The molecule has 0 radical (unpaired) electrons. The van der Waals surface area contributed by atoms with E-state index in [9.17, 15) is 13.2 Å². The summed E-state index contributed by atoms with van der Waals surface area (Å²) in [5, 5.41) is 3.27. The van der Waals surface area contributed by atoms with Gasteiger partial charge in [-0.05, 0) is 36.6 Å². The van der Waals surface area contributed by atoms with Gasteiger partial charge >= 0.3 is 6.18 Å². The molecule has 1 aliphatic rings. The van der Waals surface area contributed by atoms with Crippen LogP contribution < -0.4 is 11.1 Å². The Morgan fingerprint density at radius 3 is 2.60 bits per heavy atom. The van der Waals surface area contributed by atoms with Crippen LogP contribution in [-0.2, 0) is 6.18 Å². The Kier molecular flexibility index (Phi) is 5.05. The maximum atomic E-state index is 12.7. The van der Waals surface area contributed by atoms with Gasteiger partial charge in [-0.3, -0.25) is 0 Å². The summed E-state index contributed by atoms with van der Waals surface area (Å²) in [5.41, 5.74) is 5.67. The van der Waals surface area contributed by atoms with Gasteiger partial charge in [0.15, 0.2) is 0 Å². The molecule has 0 aliphatic heterocycles. The van der Waals surface area contributed by atoms with Gasteiger partial charge < -0.3 is 11.1 Å². The van der Waals surface area contributed by atoms with Crippen LogP contribution in [0.2, 0.25) is 0 Å². The molecular weight excluding hydrogens is 265 g/mol. The molecule has 112 valence electrons. The van der Waals surface area contributed by atoms with Crippen molar-refractivity contribution in [1.82, 2.24) is 5.32 Å². The second-order valence-corrected chi connectivity index (χ2v) is 5.45. The van der Waals surface area contributed by atoms with Crippen LogP contribution in [-0.4, -0.2) is 13.1 Å². The van der Waals surface area contributed by atoms with E-state index in [1.165, 1.54) is 31.4 Å². The molecule has 1 unspecified atom stereocenters. The molecule has 1 aliphatic carbocycles. The van der Waals surface area contributed by atoms with E-state index in [0.29, 0.717) is 12.1 Å². The highest BCUT2D eigenvalue weighted by atomic mass is 19.4. The molecule has 0 spiro atoms. The molecule has 5 heteroatoms. The molecule has 0 aromatic heterocycles. The number of alkyl halides is 3. The molecule has 1 aromatic carbocycles.